The van der Waals surface area contributed by atoms with Gasteiger partial charge in [-0.05, 0) is 0 Å². The fourth-order valence-electron chi connectivity index (χ4n) is 1.77. The quantitative estimate of drug-likeness (QED) is 0.386. The van der Waals surface area contributed by atoms with Crippen LogP contribution in [0.4, 0.5) is 0 Å². The number of carbonyl (C=O) groups is 1. The number of amides is 1. The van der Waals surface area contributed by atoms with E-state index in [4.69, 9.17) is 49.4 Å². The smallest absolute Gasteiger partial charge is 0.272 e. The minimum atomic E-state index is -2.25. The highest BCUT2D eigenvalue weighted by Crippen LogP contribution is 2.28. The van der Waals surface area contributed by atoms with Gasteiger partial charge >= 0.3 is 0 Å². The Bertz CT molecular complexity index is 377. The van der Waals surface area contributed by atoms with Gasteiger partial charge in [0.05, 0.1) is 13.2 Å². The highest BCUT2D eigenvalue weighted by molar-refractivity contribution is 6.76. The van der Waals surface area contributed by atoms with Gasteiger partial charge in [0.15, 0.2) is 6.29 Å². The third-order valence-corrected chi connectivity index (χ3v) is 3.33. The van der Waals surface area contributed by atoms with E-state index in [1.807, 2.05) is 0 Å². The van der Waals surface area contributed by atoms with E-state index in [9.17, 15) is 15.0 Å². The van der Waals surface area contributed by atoms with Crippen LogP contribution in [-0.2, 0) is 14.3 Å². The largest absolute Gasteiger partial charge is 0.394 e. The van der Waals surface area contributed by atoms with Gasteiger partial charge in [-0.25, -0.2) is 0 Å². The van der Waals surface area contributed by atoms with Crippen molar-refractivity contribution in [3.63, 3.8) is 0 Å². The van der Waals surface area contributed by atoms with Gasteiger partial charge < -0.3 is 30.1 Å². The Morgan fingerprint density at radius 1 is 1.38 bits per heavy atom. The Morgan fingerprint density at radius 3 is 2.48 bits per heavy atom. The molecule has 4 N–H and O–H groups in total. The lowest BCUT2D eigenvalue weighted by molar-refractivity contribution is -0.267. The van der Waals surface area contributed by atoms with E-state index in [0.717, 1.165) is 0 Å². The lowest BCUT2D eigenvalue weighted by atomic mass is 9.97. The number of hydrogen-bond donors (Lipinski definition) is 4. The van der Waals surface area contributed by atoms with Crippen LogP contribution in [0.15, 0.2) is 12.7 Å². The second-order valence-corrected chi connectivity index (χ2v) is 6.61. The van der Waals surface area contributed by atoms with Crippen LogP contribution in [0.2, 0.25) is 0 Å². The summed E-state index contributed by atoms with van der Waals surface area (Å²) in [6.07, 6.45) is -3.74. The molecule has 0 bridgehead atoms. The van der Waals surface area contributed by atoms with Crippen LogP contribution in [0, 0.1) is 0 Å². The molecule has 7 nitrogen and oxygen atoms in total. The molecule has 1 aliphatic heterocycles. The summed E-state index contributed by atoms with van der Waals surface area (Å²) >= 11 is 16.3. The van der Waals surface area contributed by atoms with E-state index in [0.29, 0.717) is 0 Å². The van der Waals surface area contributed by atoms with Gasteiger partial charge in [0.1, 0.15) is 24.4 Å². The van der Waals surface area contributed by atoms with Crippen molar-refractivity contribution in [2.24, 2.45) is 0 Å². The van der Waals surface area contributed by atoms with Crippen LogP contribution < -0.4 is 5.32 Å². The second-order valence-electron chi connectivity index (χ2n) is 4.33. The zero-order chi connectivity index (χ0) is 16.2. The van der Waals surface area contributed by atoms with Gasteiger partial charge in [-0.3, -0.25) is 4.79 Å². The summed E-state index contributed by atoms with van der Waals surface area (Å²) in [5.41, 5.74) is 0. The Morgan fingerprint density at radius 2 is 2.00 bits per heavy atom. The molecular weight excluding hydrogens is 348 g/mol. The molecule has 1 fully saturated rings. The van der Waals surface area contributed by atoms with E-state index in [-0.39, 0.29) is 6.61 Å². The molecule has 0 radical (unpaired) electrons. The van der Waals surface area contributed by atoms with Gasteiger partial charge in [0, 0.05) is 0 Å². The molecule has 0 unspecified atom stereocenters. The van der Waals surface area contributed by atoms with E-state index in [1.165, 1.54) is 6.08 Å². The molecule has 5 atom stereocenters. The fourth-order valence-corrected chi connectivity index (χ4v) is 1.94. The van der Waals surface area contributed by atoms with E-state index < -0.39 is 47.0 Å². The Hall–Kier alpha value is -0.120. The minimum Gasteiger partial charge on any atom is -0.394 e. The Kier molecular flexibility index (Phi) is 7.15. The van der Waals surface area contributed by atoms with Gasteiger partial charge in [-0.15, -0.1) is 6.58 Å². The van der Waals surface area contributed by atoms with Crippen molar-refractivity contribution < 1.29 is 29.6 Å². The number of hydrogen-bond acceptors (Lipinski definition) is 6. The van der Waals surface area contributed by atoms with Crippen molar-refractivity contribution in [2.75, 3.05) is 13.2 Å². The van der Waals surface area contributed by atoms with Crippen LogP contribution in [0.25, 0.3) is 0 Å². The van der Waals surface area contributed by atoms with Crippen molar-refractivity contribution in [3.05, 3.63) is 12.7 Å². The second kappa shape index (κ2) is 7.94. The minimum absolute atomic E-state index is 0.0474. The first-order valence-electron chi connectivity index (χ1n) is 5.95. The molecule has 21 heavy (non-hydrogen) atoms. The molecule has 1 amide bonds. The Labute approximate surface area is 136 Å². The number of rotatable bonds is 5. The summed E-state index contributed by atoms with van der Waals surface area (Å²) in [5, 5.41) is 31.2. The molecule has 0 aromatic rings. The third kappa shape index (κ3) is 4.94. The maximum absolute atomic E-state index is 11.7. The average Bonchev–Trinajstić information content (AvgIpc) is 2.41. The standard InChI is InChI=1S/C11H16Cl3NO6/c1-2-3-20-9-6(15-10(19)11(12,13)14)8(18)7(17)5(4-16)21-9/h2,5-9,16-18H,1,3-4H2,(H,15,19)/t5-,6-,7+,8-,9-/m1/s1. The molecule has 0 spiro atoms. The predicted octanol–water partition coefficient (Wildman–Crippen LogP) is -0.517. The number of alkyl halides is 3. The maximum atomic E-state index is 11.7. The van der Waals surface area contributed by atoms with E-state index in [1.54, 1.807) is 0 Å². The van der Waals surface area contributed by atoms with Crippen molar-refractivity contribution in [1.29, 1.82) is 0 Å². The first kappa shape index (κ1) is 18.9. The summed E-state index contributed by atoms with van der Waals surface area (Å²) in [4.78, 5) is 11.7. The van der Waals surface area contributed by atoms with Crippen LogP contribution in [0.3, 0.4) is 0 Å². The SMILES string of the molecule is C=CCO[C@@H]1O[C@H](CO)[C@H](O)[C@H](O)[C@H]1NC(=O)C(Cl)(Cl)Cl. The summed E-state index contributed by atoms with van der Waals surface area (Å²) in [6.45, 7) is 2.95. The average molecular weight is 365 g/mol. The van der Waals surface area contributed by atoms with Crippen LogP contribution in [0.1, 0.15) is 0 Å². The molecule has 0 saturated carbocycles. The lowest BCUT2D eigenvalue weighted by Crippen LogP contribution is -2.65. The number of aliphatic hydroxyl groups is 3. The number of nitrogens with one attached hydrogen (secondary N) is 1. The summed E-state index contributed by atoms with van der Waals surface area (Å²) in [6, 6.07) is -1.19. The van der Waals surface area contributed by atoms with Gasteiger partial charge in [-0.2, -0.15) is 0 Å². The zero-order valence-electron chi connectivity index (χ0n) is 10.8. The molecule has 1 rings (SSSR count). The summed E-state index contributed by atoms with van der Waals surface area (Å²) in [7, 11) is 0. The first-order chi connectivity index (χ1) is 9.72. The van der Waals surface area contributed by atoms with Gasteiger partial charge in [-0.1, -0.05) is 40.9 Å². The maximum Gasteiger partial charge on any atom is 0.272 e. The van der Waals surface area contributed by atoms with Crippen LogP contribution in [-0.4, -0.2) is 68.9 Å². The lowest BCUT2D eigenvalue weighted by Gasteiger charge is -2.42. The monoisotopic (exact) mass is 363 g/mol. The molecular formula is C11H16Cl3NO6. The van der Waals surface area contributed by atoms with Crippen molar-refractivity contribution in [2.45, 2.75) is 34.4 Å². The van der Waals surface area contributed by atoms with E-state index in [2.05, 4.69) is 11.9 Å². The summed E-state index contributed by atoms with van der Waals surface area (Å²) in [5.74, 6) is -1.01. The summed E-state index contributed by atoms with van der Waals surface area (Å²) < 4.78 is 8.27. The number of halogens is 3. The van der Waals surface area contributed by atoms with Crippen molar-refractivity contribution in [3.8, 4) is 0 Å². The highest BCUT2D eigenvalue weighted by atomic mass is 35.6. The highest BCUT2D eigenvalue weighted by Gasteiger charge is 2.47. The Balaban J connectivity index is 2.88. The molecule has 1 aliphatic rings. The van der Waals surface area contributed by atoms with E-state index >= 15 is 0 Å². The topological polar surface area (TPSA) is 108 Å². The van der Waals surface area contributed by atoms with Crippen LogP contribution >= 0.6 is 34.8 Å². The molecule has 0 aromatic carbocycles. The normalized spacial score (nSPS) is 33.5. The predicted molar refractivity (Wildman–Crippen MR) is 76.1 cm³/mol. The number of carbonyl (C=O) groups excluding carboxylic acids is 1. The molecule has 1 heterocycles. The zero-order valence-corrected chi connectivity index (χ0v) is 13.1. The number of ether oxygens (including phenoxy) is 2. The molecule has 0 aliphatic carbocycles. The molecule has 122 valence electrons. The van der Waals surface area contributed by atoms with Crippen molar-refractivity contribution >= 4 is 40.7 Å². The number of aliphatic hydroxyl groups excluding tert-OH is 3. The van der Waals surface area contributed by atoms with Gasteiger partial charge in [0.25, 0.3) is 9.70 Å². The van der Waals surface area contributed by atoms with Crippen LogP contribution in [0.5, 0.6) is 0 Å². The van der Waals surface area contributed by atoms with Gasteiger partial charge in [0.2, 0.25) is 0 Å². The molecule has 10 heteroatoms. The molecule has 1 saturated heterocycles. The van der Waals surface area contributed by atoms with Crippen molar-refractivity contribution in [1.82, 2.24) is 5.32 Å². The third-order valence-electron chi connectivity index (χ3n) is 2.81. The first-order valence-corrected chi connectivity index (χ1v) is 7.08. The fraction of sp³-hybridized carbons (Fsp3) is 0.727. The molecule has 0 aromatic heterocycles.